The number of hydrogen-bond donors (Lipinski definition) is 1. The quantitative estimate of drug-likeness (QED) is 0.915. The largest absolute Gasteiger partial charge is 0.348 e. The zero-order valence-corrected chi connectivity index (χ0v) is 12.8. The fraction of sp³-hybridized carbons (Fsp3) is 0.588. The molecular weight excluding hydrogens is 248 g/mol. The maximum Gasteiger partial charge on any atom is 0.234 e. The molecule has 1 fully saturated rings. The zero-order valence-electron chi connectivity index (χ0n) is 12.8. The third-order valence-electron chi connectivity index (χ3n) is 3.99. The molecule has 1 aromatic rings. The number of benzene rings is 1. The fourth-order valence-corrected chi connectivity index (χ4v) is 3.24. The number of amides is 1. The van der Waals surface area contributed by atoms with Crippen molar-refractivity contribution in [1.29, 1.82) is 0 Å². The minimum absolute atomic E-state index is 0.0725. The van der Waals surface area contributed by atoms with Gasteiger partial charge in [0.25, 0.3) is 0 Å². The van der Waals surface area contributed by atoms with Crippen LogP contribution in [0.4, 0.5) is 0 Å². The van der Waals surface area contributed by atoms with Crippen molar-refractivity contribution in [1.82, 2.24) is 10.2 Å². The molecule has 0 saturated carbocycles. The monoisotopic (exact) mass is 274 g/mol. The van der Waals surface area contributed by atoms with Crippen molar-refractivity contribution in [3.8, 4) is 0 Å². The van der Waals surface area contributed by atoms with E-state index < -0.39 is 0 Å². The summed E-state index contributed by atoms with van der Waals surface area (Å²) in [5.74, 6) is 1.51. The zero-order chi connectivity index (χ0) is 14.5. The van der Waals surface area contributed by atoms with Gasteiger partial charge in [0.2, 0.25) is 5.91 Å². The summed E-state index contributed by atoms with van der Waals surface area (Å²) in [4.78, 5) is 14.4. The van der Waals surface area contributed by atoms with Gasteiger partial charge in [-0.25, -0.2) is 0 Å². The van der Waals surface area contributed by atoms with Crippen LogP contribution < -0.4 is 5.32 Å². The molecule has 2 rings (SSSR count). The molecule has 1 N–H and O–H groups in total. The Morgan fingerprint density at radius 1 is 1.25 bits per heavy atom. The lowest BCUT2D eigenvalue weighted by Gasteiger charge is -2.34. The van der Waals surface area contributed by atoms with Gasteiger partial charge in [-0.3, -0.25) is 9.69 Å². The Morgan fingerprint density at radius 2 is 1.85 bits per heavy atom. The minimum Gasteiger partial charge on any atom is -0.348 e. The van der Waals surface area contributed by atoms with Crippen molar-refractivity contribution < 1.29 is 4.79 Å². The maximum atomic E-state index is 12.2. The lowest BCUT2D eigenvalue weighted by molar-refractivity contribution is -0.123. The highest BCUT2D eigenvalue weighted by Crippen LogP contribution is 2.20. The van der Waals surface area contributed by atoms with Crippen LogP contribution >= 0.6 is 0 Å². The van der Waals surface area contributed by atoms with Gasteiger partial charge >= 0.3 is 0 Å². The fourth-order valence-electron chi connectivity index (χ4n) is 3.24. The standard InChI is InChI=1S/C17H26N2O/c1-13-9-14(2)11-19(10-13)12-17(20)18-15(3)16-7-5-4-6-8-16/h4-8,13-15H,9-12H2,1-3H3,(H,18,20)/t13-,14+,15-/m0/s1. The van der Waals surface area contributed by atoms with Crippen LogP contribution in [0.5, 0.6) is 0 Å². The van der Waals surface area contributed by atoms with Crippen LogP contribution in [0.2, 0.25) is 0 Å². The number of carbonyl (C=O) groups excluding carboxylic acids is 1. The van der Waals surface area contributed by atoms with Crippen molar-refractivity contribution in [3.05, 3.63) is 35.9 Å². The van der Waals surface area contributed by atoms with E-state index in [1.807, 2.05) is 25.1 Å². The van der Waals surface area contributed by atoms with E-state index in [9.17, 15) is 4.79 Å². The van der Waals surface area contributed by atoms with E-state index in [2.05, 4.69) is 36.2 Å². The van der Waals surface area contributed by atoms with E-state index in [-0.39, 0.29) is 11.9 Å². The van der Waals surface area contributed by atoms with Crippen LogP contribution in [0.15, 0.2) is 30.3 Å². The van der Waals surface area contributed by atoms with Crippen molar-refractivity contribution in [3.63, 3.8) is 0 Å². The normalized spacial score (nSPS) is 25.1. The number of piperidine rings is 1. The number of carbonyl (C=O) groups is 1. The summed E-state index contributed by atoms with van der Waals surface area (Å²) in [6, 6.07) is 10.2. The molecule has 1 saturated heterocycles. The van der Waals surface area contributed by atoms with E-state index in [0.717, 1.165) is 18.7 Å². The molecular formula is C17H26N2O. The summed E-state index contributed by atoms with van der Waals surface area (Å²) < 4.78 is 0. The van der Waals surface area contributed by atoms with Gasteiger partial charge in [0.05, 0.1) is 12.6 Å². The van der Waals surface area contributed by atoms with Gasteiger partial charge in [0, 0.05) is 13.1 Å². The summed E-state index contributed by atoms with van der Waals surface area (Å²) in [5.41, 5.74) is 1.15. The molecule has 1 heterocycles. The molecule has 110 valence electrons. The maximum absolute atomic E-state index is 12.2. The molecule has 3 heteroatoms. The lowest BCUT2D eigenvalue weighted by Crippen LogP contribution is -2.44. The Balaban J connectivity index is 1.83. The second-order valence-corrected chi connectivity index (χ2v) is 6.34. The molecule has 3 nitrogen and oxygen atoms in total. The first-order valence-corrected chi connectivity index (χ1v) is 7.61. The van der Waals surface area contributed by atoms with Crippen molar-refractivity contribution in [2.45, 2.75) is 33.2 Å². The van der Waals surface area contributed by atoms with Crippen molar-refractivity contribution >= 4 is 5.91 Å². The molecule has 0 aromatic heterocycles. The van der Waals surface area contributed by atoms with E-state index >= 15 is 0 Å². The molecule has 0 radical (unpaired) electrons. The van der Waals surface area contributed by atoms with Crippen molar-refractivity contribution in [2.75, 3.05) is 19.6 Å². The topological polar surface area (TPSA) is 32.3 Å². The first kappa shape index (κ1) is 15.0. The SMILES string of the molecule is C[C@@H]1C[C@H](C)CN(CC(=O)N[C@@H](C)c2ccccc2)C1. The Bertz CT molecular complexity index is 422. The highest BCUT2D eigenvalue weighted by atomic mass is 16.2. The first-order valence-electron chi connectivity index (χ1n) is 7.61. The Morgan fingerprint density at radius 3 is 2.45 bits per heavy atom. The van der Waals surface area contributed by atoms with Crippen LogP contribution in [0, 0.1) is 11.8 Å². The van der Waals surface area contributed by atoms with E-state index in [4.69, 9.17) is 0 Å². The van der Waals surface area contributed by atoms with Gasteiger partial charge in [0.15, 0.2) is 0 Å². The molecule has 0 unspecified atom stereocenters. The smallest absolute Gasteiger partial charge is 0.234 e. The molecule has 0 aliphatic carbocycles. The molecule has 0 spiro atoms. The predicted octanol–water partition coefficient (Wildman–Crippen LogP) is 2.84. The van der Waals surface area contributed by atoms with Crippen LogP contribution in [0.3, 0.4) is 0 Å². The van der Waals surface area contributed by atoms with Crippen LogP contribution in [0.25, 0.3) is 0 Å². The number of nitrogens with zero attached hydrogens (tertiary/aromatic N) is 1. The molecule has 1 amide bonds. The first-order chi connectivity index (χ1) is 9.54. The van der Waals surface area contributed by atoms with Gasteiger partial charge in [0.1, 0.15) is 0 Å². The lowest BCUT2D eigenvalue weighted by atomic mass is 9.92. The average molecular weight is 274 g/mol. The van der Waals surface area contributed by atoms with Crippen LogP contribution in [-0.2, 0) is 4.79 Å². The third kappa shape index (κ3) is 4.34. The highest BCUT2D eigenvalue weighted by Gasteiger charge is 2.23. The number of nitrogens with one attached hydrogen (secondary N) is 1. The van der Waals surface area contributed by atoms with E-state index in [0.29, 0.717) is 18.4 Å². The molecule has 3 atom stereocenters. The van der Waals surface area contributed by atoms with Crippen LogP contribution in [0.1, 0.15) is 38.8 Å². The molecule has 0 bridgehead atoms. The molecule has 20 heavy (non-hydrogen) atoms. The second kappa shape index (κ2) is 6.89. The van der Waals surface area contributed by atoms with Gasteiger partial charge in [-0.05, 0) is 30.7 Å². The van der Waals surface area contributed by atoms with E-state index in [1.165, 1.54) is 6.42 Å². The predicted molar refractivity (Wildman–Crippen MR) is 82.4 cm³/mol. The van der Waals surface area contributed by atoms with Gasteiger partial charge in [-0.2, -0.15) is 0 Å². The van der Waals surface area contributed by atoms with Gasteiger partial charge in [-0.15, -0.1) is 0 Å². The summed E-state index contributed by atoms with van der Waals surface area (Å²) in [6.07, 6.45) is 1.28. The summed E-state index contributed by atoms with van der Waals surface area (Å²) >= 11 is 0. The Kier molecular flexibility index (Phi) is 5.18. The van der Waals surface area contributed by atoms with E-state index in [1.54, 1.807) is 0 Å². The van der Waals surface area contributed by atoms with Crippen LogP contribution in [-0.4, -0.2) is 30.4 Å². The summed E-state index contributed by atoms with van der Waals surface area (Å²) in [7, 11) is 0. The van der Waals surface area contributed by atoms with Crippen molar-refractivity contribution in [2.24, 2.45) is 11.8 Å². The number of likely N-dealkylation sites (tertiary alicyclic amines) is 1. The van der Waals surface area contributed by atoms with Gasteiger partial charge < -0.3 is 5.32 Å². The van der Waals surface area contributed by atoms with Gasteiger partial charge in [-0.1, -0.05) is 44.2 Å². The highest BCUT2D eigenvalue weighted by molar-refractivity contribution is 5.78. The number of hydrogen-bond acceptors (Lipinski definition) is 2. The second-order valence-electron chi connectivity index (χ2n) is 6.34. The Labute approximate surface area is 122 Å². The number of rotatable bonds is 4. The summed E-state index contributed by atoms with van der Waals surface area (Å²) in [5, 5.41) is 3.09. The Hall–Kier alpha value is -1.35. The molecule has 1 aromatic carbocycles. The average Bonchev–Trinajstić information content (AvgIpc) is 2.38. The molecule has 1 aliphatic rings. The third-order valence-corrected chi connectivity index (χ3v) is 3.99. The minimum atomic E-state index is 0.0725. The molecule has 1 aliphatic heterocycles. The summed E-state index contributed by atoms with van der Waals surface area (Å²) in [6.45, 7) is 9.18.